The van der Waals surface area contributed by atoms with E-state index in [-0.39, 0.29) is 6.61 Å². The molecular formula is C15H15BrN2O3. The summed E-state index contributed by atoms with van der Waals surface area (Å²) in [5.74, 6) is 0.161. The van der Waals surface area contributed by atoms with E-state index in [4.69, 9.17) is 20.9 Å². The summed E-state index contributed by atoms with van der Waals surface area (Å²) >= 11 is 3.37. The highest BCUT2D eigenvalue weighted by molar-refractivity contribution is 9.10. The molecule has 0 saturated carbocycles. The molecule has 2 aromatic carbocycles. The van der Waals surface area contributed by atoms with Crippen molar-refractivity contribution in [2.24, 2.45) is 0 Å². The lowest BCUT2D eigenvalue weighted by Gasteiger charge is -2.10. The molecule has 110 valence electrons. The van der Waals surface area contributed by atoms with E-state index in [2.05, 4.69) is 15.9 Å². The zero-order valence-electron chi connectivity index (χ0n) is 11.4. The number of rotatable bonds is 4. The number of anilines is 2. The van der Waals surface area contributed by atoms with E-state index < -0.39 is 5.97 Å². The van der Waals surface area contributed by atoms with Crippen LogP contribution in [0.15, 0.2) is 40.9 Å². The van der Waals surface area contributed by atoms with Crippen molar-refractivity contribution in [1.29, 1.82) is 0 Å². The molecule has 2 aromatic rings. The van der Waals surface area contributed by atoms with Crippen LogP contribution in [0.5, 0.6) is 5.75 Å². The number of ether oxygens (including phenoxy) is 2. The third kappa shape index (κ3) is 3.88. The minimum atomic E-state index is -0.490. The average Bonchev–Trinajstić information content (AvgIpc) is 2.43. The second-order valence-corrected chi connectivity index (χ2v) is 5.34. The SMILES string of the molecule is COc1ccc(Br)cc1COC(=O)c1cc(N)cc(N)c1. The second kappa shape index (κ2) is 6.49. The van der Waals surface area contributed by atoms with Crippen molar-refractivity contribution >= 4 is 33.3 Å². The van der Waals surface area contributed by atoms with Gasteiger partial charge in [0, 0.05) is 21.4 Å². The molecule has 0 aliphatic heterocycles. The summed E-state index contributed by atoms with van der Waals surface area (Å²) in [5.41, 5.74) is 13.2. The highest BCUT2D eigenvalue weighted by Crippen LogP contribution is 2.24. The molecule has 0 atom stereocenters. The lowest BCUT2D eigenvalue weighted by molar-refractivity contribution is 0.0470. The molecule has 0 bridgehead atoms. The van der Waals surface area contributed by atoms with Crippen LogP contribution >= 0.6 is 15.9 Å². The minimum absolute atomic E-state index is 0.0934. The van der Waals surface area contributed by atoms with Gasteiger partial charge in [-0.15, -0.1) is 0 Å². The first kappa shape index (κ1) is 15.2. The van der Waals surface area contributed by atoms with Gasteiger partial charge in [0.1, 0.15) is 12.4 Å². The predicted molar refractivity (Wildman–Crippen MR) is 85.1 cm³/mol. The van der Waals surface area contributed by atoms with E-state index in [1.807, 2.05) is 12.1 Å². The van der Waals surface area contributed by atoms with E-state index in [9.17, 15) is 4.79 Å². The summed E-state index contributed by atoms with van der Waals surface area (Å²) in [6.07, 6.45) is 0. The molecule has 0 radical (unpaired) electrons. The van der Waals surface area contributed by atoms with Crippen LogP contribution in [0.2, 0.25) is 0 Å². The Morgan fingerprint density at radius 2 is 1.81 bits per heavy atom. The summed E-state index contributed by atoms with van der Waals surface area (Å²) in [4.78, 5) is 12.0. The fourth-order valence-corrected chi connectivity index (χ4v) is 2.29. The zero-order valence-corrected chi connectivity index (χ0v) is 13.0. The van der Waals surface area contributed by atoms with E-state index in [0.29, 0.717) is 22.7 Å². The molecule has 0 heterocycles. The van der Waals surface area contributed by atoms with Gasteiger partial charge >= 0.3 is 5.97 Å². The number of hydrogen-bond donors (Lipinski definition) is 2. The molecule has 5 nitrogen and oxygen atoms in total. The first-order valence-corrected chi connectivity index (χ1v) is 6.94. The molecule has 0 aliphatic rings. The van der Waals surface area contributed by atoms with Crippen molar-refractivity contribution in [3.8, 4) is 5.75 Å². The Labute approximate surface area is 131 Å². The Morgan fingerprint density at radius 3 is 2.43 bits per heavy atom. The van der Waals surface area contributed by atoms with Crippen molar-refractivity contribution in [2.75, 3.05) is 18.6 Å². The molecule has 0 unspecified atom stereocenters. The number of esters is 1. The highest BCUT2D eigenvalue weighted by Gasteiger charge is 2.11. The Balaban J connectivity index is 2.12. The number of carbonyl (C=O) groups excluding carboxylic acids is 1. The van der Waals surface area contributed by atoms with Gasteiger partial charge in [0.25, 0.3) is 0 Å². The van der Waals surface area contributed by atoms with E-state index in [1.165, 1.54) is 12.1 Å². The second-order valence-electron chi connectivity index (χ2n) is 4.42. The van der Waals surface area contributed by atoms with Gasteiger partial charge in [-0.25, -0.2) is 4.79 Å². The van der Waals surface area contributed by atoms with Crippen molar-refractivity contribution < 1.29 is 14.3 Å². The molecule has 0 saturated heterocycles. The molecule has 21 heavy (non-hydrogen) atoms. The topological polar surface area (TPSA) is 87.6 Å². The minimum Gasteiger partial charge on any atom is -0.496 e. The molecule has 0 aliphatic carbocycles. The van der Waals surface area contributed by atoms with Crippen LogP contribution in [0, 0.1) is 0 Å². The van der Waals surface area contributed by atoms with E-state index in [1.54, 1.807) is 19.2 Å². The van der Waals surface area contributed by atoms with Crippen molar-refractivity contribution in [1.82, 2.24) is 0 Å². The number of halogens is 1. The van der Waals surface area contributed by atoms with Crippen molar-refractivity contribution in [3.05, 3.63) is 52.0 Å². The number of hydrogen-bond acceptors (Lipinski definition) is 5. The molecule has 6 heteroatoms. The number of methoxy groups -OCH3 is 1. The van der Waals surface area contributed by atoms with Crippen LogP contribution < -0.4 is 16.2 Å². The van der Waals surface area contributed by atoms with Crippen LogP contribution in [0.25, 0.3) is 0 Å². The number of nitrogen functional groups attached to an aromatic ring is 2. The number of carbonyl (C=O) groups is 1. The van der Waals surface area contributed by atoms with Gasteiger partial charge in [-0.1, -0.05) is 15.9 Å². The van der Waals surface area contributed by atoms with E-state index in [0.717, 1.165) is 10.0 Å². The summed E-state index contributed by atoms with van der Waals surface area (Å²) < 4.78 is 11.4. The van der Waals surface area contributed by atoms with Crippen molar-refractivity contribution in [2.45, 2.75) is 6.61 Å². The van der Waals surface area contributed by atoms with Crippen molar-refractivity contribution in [3.63, 3.8) is 0 Å². The van der Waals surface area contributed by atoms with Crippen LogP contribution in [0.4, 0.5) is 11.4 Å². The van der Waals surface area contributed by atoms with Crippen LogP contribution in [-0.4, -0.2) is 13.1 Å². The quantitative estimate of drug-likeness (QED) is 0.653. The Bertz CT molecular complexity index is 654. The van der Waals surface area contributed by atoms with Gasteiger partial charge in [-0.2, -0.15) is 0 Å². The third-order valence-electron chi connectivity index (χ3n) is 2.81. The average molecular weight is 351 g/mol. The lowest BCUT2D eigenvalue weighted by Crippen LogP contribution is -2.07. The molecule has 4 N–H and O–H groups in total. The van der Waals surface area contributed by atoms with Gasteiger partial charge in [-0.05, 0) is 36.4 Å². The zero-order chi connectivity index (χ0) is 15.4. The number of benzene rings is 2. The summed E-state index contributed by atoms with van der Waals surface area (Å²) in [6, 6.07) is 10.1. The summed E-state index contributed by atoms with van der Waals surface area (Å²) in [6.45, 7) is 0.0934. The molecule has 0 amide bonds. The van der Waals surface area contributed by atoms with Gasteiger partial charge in [-0.3, -0.25) is 0 Å². The van der Waals surface area contributed by atoms with Crippen LogP contribution in [-0.2, 0) is 11.3 Å². The maximum absolute atomic E-state index is 12.0. The van der Waals surface area contributed by atoms with Gasteiger partial charge in [0.05, 0.1) is 12.7 Å². The maximum atomic E-state index is 12.0. The molecule has 0 fully saturated rings. The normalized spacial score (nSPS) is 10.2. The third-order valence-corrected chi connectivity index (χ3v) is 3.31. The van der Waals surface area contributed by atoms with Gasteiger partial charge < -0.3 is 20.9 Å². The summed E-state index contributed by atoms with van der Waals surface area (Å²) in [7, 11) is 1.56. The molecule has 0 aromatic heterocycles. The smallest absolute Gasteiger partial charge is 0.338 e. The van der Waals surface area contributed by atoms with E-state index >= 15 is 0 Å². The Morgan fingerprint density at radius 1 is 1.14 bits per heavy atom. The lowest BCUT2D eigenvalue weighted by atomic mass is 10.2. The Hall–Kier alpha value is -2.21. The summed E-state index contributed by atoms with van der Waals surface area (Å²) in [5, 5.41) is 0. The predicted octanol–water partition coefficient (Wildman–Crippen LogP) is 2.98. The monoisotopic (exact) mass is 350 g/mol. The molecule has 0 spiro atoms. The fourth-order valence-electron chi connectivity index (χ4n) is 1.88. The Kier molecular flexibility index (Phi) is 4.70. The van der Waals surface area contributed by atoms with Crippen LogP contribution in [0.1, 0.15) is 15.9 Å². The standard InChI is InChI=1S/C15H15BrN2O3/c1-20-14-3-2-11(16)4-10(14)8-21-15(19)9-5-12(17)7-13(18)6-9/h2-7H,8,17-18H2,1H3. The van der Waals surface area contributed by atoms with Crippen LogP contribution in [0.3, 0.4) is 0 Å². The van der Waals surface area contributed by atoms with Gasteiger partial charge in [0.2, 0.25) is 0 Å². The largest absolute Gasteiger partial charge is 0.496 e. The first-order valence-electron chi connectivity index (χ1n) is 6.15. The molecule has 2 rings (SSSR count). The molecular weight excluding hydrogens is 336 g/mol. The fraction of sp³-hybridized carbons (Fsp3) is 0.133. The highest BCUT2D eigenvalue weighted by atomic mass is 79.9. The first-order chi connectivity index (χ1) is 9.99. The van der Waals surface area contributed by atoms with Gasteiger partial charge in [0.15, 0.2) is 0 Å². The maximum Gasteiger partial charge on any atom is 0.338 e. The number of nitrogens with two attached hydrogens (primary N) is 2.